The van der Waals surface area contributed by atoms with Gasteiger partial charge in [-0.25, -0.2) is 9.97 Å². The topological polar surface area (TPSA) is 87.1 Å². The number of hydrogen-bond donors (Lipinski definition) is 3. The summed E-state index contributed by atoms with van der Waals surface area (Å²) in [6, 6.07) is 19.0. The third-order valence-corrected chi connectivity index (χ3v) is 4.97. The van der Waals surface area contributed by atoms with E-state index in [-0.39, 0.29) is 5.91 Å². The number of fused-ring (bicyclic) bond motifs is 2. The van der Waals surface area contributed by atoms with E-state index in [1.165, 1.54) is 0 Å². The van der Waals surface area contributed by atoms with Crippen LogP contribution < -0.4 is 10.6 Å². The van der Waals surface area contributed by atoms with Gasteiger partial charge in [0.25, 0.3) is 5.91 Å². The first-order valence-corrected chi connectivity index (χ1v) is 9.71. The van der Waals surface area contributed by atoms with Crippen molar-refractivity contribution in [2.45, 2.75) is 0 Å². The van der Waals surface area contributed by atoms with E-state index in [1.54, 1.807) is 10.6 Å². The average Bonchev–Trinajstić information content (AvgIpc) is 3.32. The number of carbonyl (C=O) groups is 1. The molecular weight excluding hydrogens is 432 g/mol. The number of para-hydroxylation sites is 2. The van der Waals surface area contributed by atoms with Gasteiger partial charge >= 0.3 is 0 Å². The van der Waals surface area contributed by atoms with Gasteiger partial charge in [0, 0.05) is 22.0 Å². The highest BCUT2D eigenvalue weighted by Gasteiger charge is 2.12. The van der Waals surface area contributed by atoms with Crippen LogP contribution in [0.3, 0.4) is 0 Å². The first kappa shape index (κ1) is 17.4. The molecule has 0 aliphatic rings. The Kier molecular flexibility index (Phi) is 4.25. The van der Waals surface area contributed by atoms with Crippen molar-refractivity contribution in [2.75, 3.05) is 10.6 Å². The van der Waals surface area contributed by atoms with Crippen molar-refractivity contribution < 1.29 is 4.79 Å². The number of hydrogen-bond acceptors (Lipinski definition) is 4. The number of aromatic nitrogens is 4. The van der Waals surface area contributed by atoms with Gasteiger partial charge in [-0.05, 0) is 64.5 Å². The van der Waals surface area contributed by atoms with Crippen molar-refractivity contribution in [3.63, 3.8) is 0 Å². The molecule has 0 saturated heterocycles. The summed E-state index contributed by atoms with van der Waals surface area (Å²) in [6.45, 7) is 0. The van der Waals surface area contributed by atoms with Crippen LogP contribution in [0.2, 0.25) is 0 Å². The fourth-order valence-electron chi connectivity index (χ4n) is 3.10. The van der Waals surface area contributed by atoms with Crippen LogP contribution in [0.1, 0.15) is 10.5 Å². The third-order valence-electron chi connectivity index (χ3n) is 4.50. The molecular formula is C21H15BrN6O. The molecule has 0 saturated carbocycles. The predicted molar refractivity (Wildman–Crippen MR) is 117 cm³/mol. The molecule has 5 rings (SSSR count). The minimum Gasteiger partial charge on any atom is -0.326 e. The quantitative estimate of drug-likeness (QED) is 0.363. The lowest BCUT2D eigenvalue weighted by Gasteiger charge is -2.07. The number of benzene rings is 2. The molecule has 0 aliphatic heterocycles. The van der Waals surface area contributed by atoms with Crippen molar-refractivity contribution >= 4 is 55.8 Å². The molecule has 3 aromatic heterocycles. The first-order valence-electron chi connectivity index (χ1n) is 8.91. The highest BCUT2D eigenvalue weighted by Crippen LogP contribution is 2.21. The SMILES string of the molecule is O=C(Nc1ccc(Nc2nc3ccccc3[nH]2)cc1)c1cnc2ccc(Br)cn12. The van der Waals surface area contributed by atoms with Gasteiger partial charge in [0.15, 0.2) is 0 Å². The number of imidazole rings is 2. The average molecular weight is 447 g/mol. The molecule has 3 N–H and O–H groups in total. The number of rotatable bonds is 4. The van der Waals surface area contributed by atoms with Crippen LogP contribution in [-0.2, 0) is 0 Å². The van der Waals surface area contributed by atoms with E-state index >= 15 is 0 Å². The second-order valence-electron chi connectivity index (χ2n) is 6.48. The van der Waals surface area contributed by atoms with E-state index in [4.69, 9.17) is 0 Å². The van der Waals surface area contributed by atoms with Crippen LogP contribution in [0.25, 0.3) is 16.7 Å². The minimum absolute atomic E-state index is 0.228. The zero-order valence-corrected chi connectivity index (χ0v) is 16.6. The number of halogens is 1. The van der Waals surface area contributed by atoms with Crippen LogP contribution in [0, 0.1) is 0 Å². The van der Waals surface area contributed by atoms with E-state index in [9.17, 15) is 4.79 Å². The molecule has 0 unspecified atom stereocenters. The second kappa shape index (κ2) is 7.06. The fraction of sp³-hybridized carbons (Fsp3) is 0. The molecule has 1 amide bonds. The molecule has 8 heteroatoms. The summed E-state index contributed by atoms with van der Waals surface area (Å²) in [5.41, 5.74) is 4.60. The zero-order valence-electron chi connectivity index (χ0n) is 15.1. The van der Waals surface area contributed by atoms with E-state index in [1.807, 2.05) is 66.9 Å². The second-order valence-corrected chi connectivity index (χ2v) is 7.39. The van der Waals surface area contributed by atoms with Gasteiger partial charge in [0.2, 0.25) is 5.95 Å². The minimum atomic E-state index is -0.228. The van der Waals surface area contributed by atoms with E-state index in [2.05, 4.69) is 41.5 Å². The van der Waals surface area contributed by atoms with Crippen LogP contribution in [0.15, 0.2) is 77.5 Å². The van der Waals surface area contributed by atoms with Crippen LogP contribution in [0.4, 0.5) is 17.3 Å². The lowest BCUT2D eigenvalue weighted by atomic mass is 10.2. The molecule has 0 fully saturated rings. The standard InChI is InChI=1S/C21H15BrN6O/c22-13-5-10-19-23-11-18(28(19)12-13)20(29)24-14-6-8-15(9-7-14)25-21-26-16-3-1-2-4-17(16)27-21/h1-12H,(H,24,29)(H2,25,26,27). The zero-order chi connectivity index (χ0) is 19.8. The van der Waals surface area contributed by atoms with Gasteiger partial charge in [-0.15, -0.1) is 0 Å². The Hall–Kier alpha value is -3.65. The Morgan fingerprint density at radius 3 is 2.62 bits per heavy atom. The number of H-pyrrole nitrogens is 1. The number of anilines is 3. The fourth-order valence-corrected chi connectivity index (χ4v) is 3.44. The molecule has 0 radical (unpaired) electrons. The Balaban J connectivity index is 1.32. The third kappa shape index (κ3) is 3.45. The maximum absolute atomic E-state index is 12.7. The number of nitrogens with zero attached hydrogens (tertiary/aromatic N) is 3. The van der Waals surface area contributed by atoms with Crippen molar-refractivity contribution in [3.8, 4) is 0 Å². The largest absolute Gasteiger partial charge is 0.326 e. The monoisotopic (exact) mass is 446 g/mol. The highest BCUT2D eigenvalue weighted by atomic mass is 79.9. The molecule has 2 aromatic carbocycles. The van der Waals surface area contributed by atoms with Crippen molar-refractivity contribution in [2.24, 2.45) is 0 Å². The van der Waals surface area contributed by atoms with Gasteiger partial charge in [0.1, 0.15) is 11.3 Å². The van der Waals surface area contributed by atoms with Gasteiger partial charge < -0.3 is 15.6 Å². The molecule has 0 bridgehead atoms. The Morgan fingerprint density at radius 2 is 1.79 bits per heavy atom. The van der Waals surface area contributed by atoms with Gasteiger partial charge in [-0.2, -0.15) is 0 Å². The Labute approximate surface area is 173 Å². The number of carbonyl (C=O) groups excluding carboxylic acids is 1. The van der Waals surface area contributed by atoms with Gasteiger partial charge in [0.05, 0.1) is 17.2 Å². The molecule has 29 heavy (non-hydrogen) atoms. The molecule has 3 heterocycles. The number of pyridine rings is 1. The highest BCUT2D eigenvalue weighted by molar-refractivity contribution is 9.10. The molecule has 0 spiro atoms. The van der Waals surface area contributed by atoms with Crippen LogP contribution in [-0.4, -0.2) is 25.3 Å². The lowest BCUT2D eigenvalue weighted by Crippen LogP contribution is -2.14. The maximum atomic E-state index is 12.7. The van der Waals surface area contributed by atoms with E-state index < -0.39 is 0 Å². The number of aromatic amines is 1. The van der Waals surface area contributed by atoms with Crippen molar-refractivity contribution in [1.29, 1.82) is 0 Å². The van der Waals surface area contributed by atoms with Gasteiger partial charge in [-0.1, -0.05) is 12.1 Å². The summed E-state index contributed by atoms with van der Waals surface area (Å²) in [4.78, 5) is 24.6. The van der Waals surface area contributed by atoms with Crippen molar-refractivity contribution in [1.82, 2.24) is 19.4 Å². The molecule has 5 aromatic rings. The summed E-state index contributed by atoms with van der Waals surface area (Å²) in [5, 5.41) is 6.14. The van der Waals surface area contributed by atoms with Gasteiger partial charge in [-0.3, -0.25) is 9.20 Å². The number of amides is 1. The first-order chi connectivity index (χ1) is 14.2. The summed E-state index contributed by atoms with van der Waals surface area (Å²) in [5.74, 6) is 0.438. The maximum Gasteiger partial charge on any atom is 0.274 e. The summed E-state index contributed by atoms with van der Waals surface area (Å²) >= 11 is 3.42. The van der Waals surface area contributed by atoms with E-state index in [0.29, 0.717) is 23.0 Å². The lowest BCUT2D eigenvalue weighted by molar-refractivity contribution is 0.102. The summed E-state index contributed by atoms with van der Waals surface area (Å²) in [6.07, 6.45) is 3.38. The molecule has 0 atom stereocenters. The predicted octanol–water partition coefficient (Wildman–Crippen LogP) is 4.97. The van der Waals surface area contributed by atoms with Crippen LogP contribution >= 0.6 is 15.9 Å². The molecule has 142 valence electrons. The van der Waals surface area contributed by atoms with Crippen LogP contribution in [0.5, 0.6) is 0 Å². The Morgan fingerprint density at radius 1 is 1.00 bits per heavy atom. The molecule has 7 nitrogen and oxygen atoms in total. The normalized spacial score (nSPS) is 11.1. The number of nitrogens with one attached hydrogen (secondary N) is 3. The smallest absolute Gasteiger partial charge is 0.274 e. The molecule has 0 aliphatic carbocycles. The summed E-state index contributed by atoms with van der Waals surface area (Å²) < 4.78 is 2.62. The van der Waals surface area contributed by atoms with Crippen molar-refractivity contribution in [3.05, 3.63) is 83.2 Å². The van der Waals surface area contributed by atoms with E-state index in [0.717, 1.165) is 21.2 Å². The summed E-state index contributed by atoms with van der Waals surface area (Å²) in [7, 11) is 0. The Bertz CT molecular complexity index is 1310.